The van der Waals surface area contributed by atoms with Crippen LogP contribution in [0.1, 0.15) is 22.8 Å². The number of H-pyrrole nitrogens is 2. The molecule has 0 aliphatic rings. The van der Waals surface area contributed by atoms with Crippen molar-refractivity contribution in [1.82, 2.24) is 25.5 Å². The van der Waals surface area contributed by atoms with Gasteiger partial charge in [-0.25, -0.2) is 4.98 Å². The second-order valence-corrected chi connectivity index (χ2v) is 4.81. The van der Waals surface area contributed by atoms with Crippen molar-refractivity contribution < 1.29 is 4.79 Å². The van der Waals surface area contributed by atoms with Gasteiger partial charge in [-0.3, -0.25) is 14.7 Å². The molecule has 0 aliphatic heterocycles. The quantitative estimate of drug-likeness (QED) is 0.595. The summed E-state index contributed by atoms with van der Waals surface area (Å²) in [7, 11) is 0. The zero-order chi connectivity index (χ0) is 15.4. The summed E-state index contributed by atoms with van der Waals surface area (Å²) in [6, 6.07) is 1.21. The zero-order valence-electron chi connectivity index (χ0n) is 12.0. The van der Waals surface area contributed by atoms with Crippen LogP contribution >= 0.6 is 0 Å². The Morgan fingerprint density at radius 3 is 2.81 bits per heavy atom. The van der Waals surface area contributed by atoms with Gasteiger partial charge in [0.15, 0.2) is 0 Å². The third kappa shape index (κ3) is 3.91. The van der Waals surface area contributed by atoms with Gasteiger partial charge in [0, 0.05) is 30.3 Å². The van der Waals surface area contributed by atoms with Crippen LogP contribution in [-0.4, -0.2) is 32.6 Å². The van der Waals surface area contributed by atoms with Crippen LogP contribution in [0.15, 0.2) is 10.9 Å². The smallest absolute Gasteiger partial charge is 0.252 e. The number of nitrogens with zero attached hydrogens (tertiary/aromatic N) is 2. The van der Waals surface area contributed by atoms with Crippen molar-refractivity contribution in [3.8, 4) is 0 Å². The topological polar surface area (TPSA) is 130 Å². The average Bonchev–Trinajstić information content (AvgIpc) is 2.69. The Kier molecular flexibility index (Phi) is 4.36. The molecule has 8 nitrogen and oxygen atoms in total. The predicted molar refractivity (Wildman–Crippen MR) is 77.7 cm³/mol. The lowest BCUT2D eigenvalue weighted by Crippen LogP contribution is -2.28. The van der Waals surface area contributed by atoms with Gasteiger partial charge in [-0.2, -0.15) is 5.10 Å². The highest BCUT2D eigenvalue weighted by molar-refractivity contribution is 5.79. The summed E-state index contributed by atoms with van der Waals surface area (Å²) in [4.78, 5) is 29.7. The van der Waals surface area contributed by atoms with E-state index < -0.39 is 0 Å². The van der Waals surface area contributed by atoms with Gasteiger partial charge in [0.25, 0.3) is 5.56 Å². The lowest BCUT2D eigenvalue weighted by Gasteiger charge is -2.05. The minimum atomic E-state index is -0.298. The molecule has 0 bridgehead atoms. The maximum atomic E-state index is 11.9. The molecular formula is C13H18N6O2. The van der Waals surface area contributed by atoms with Crippen molar-refractivity contribution in [3.63, 3.8) is 0 Å². The first-order valence-electron chi connectivity index (χ1n) is 6.58. The molecule has 0 aliphatic carbocycles. The van der Waals surface area contributed by atoms with E-state index in [0.717, 1.165) is 17.0 Å². The molecule has 0 aromatic carbocycles. The van der Waals surface area contributed by atoms with Crippen LogP contribution in [0.4, 0.5) is 5.82 Å². The molecule has 21 heavy (non-hydrogen) atoms. The number of hydrogen-bond acceptors (Lipinski definition) is 5. The second kappa shape index (κ2) is 6.21. The second-order valence-electron chi connectivity index (χ2n) is 4.81. The number of anilines is 1. The maximum absolute atomic E-state index is 11.9. The average molecular weight is 290 g/mol. The maximum Gasteiger partial charge on any atom is 0.252 e. The molecule has 1 amide bonds. The van der Waals surface area contributed by atoms with Gasteiger partial charge in [0.1, 0.15) is 11.6 Å². The van der Waals surface area contributed by atoms with E-state index in [1.165, 1.54) is 6.07 Å². The summed E-state index contributed by atoms with van der Waals surface area (Å²) < 4.78 is 0. The van der Waals surface area contributed by atoms with Crippen molar-refractivity contribution in [2.45, 2.75) is 26.7 Å². The van der Waals surface area contributed by atoms with Gasteiger partial charge in [0.05, 0.1) is 12.1 Å². The fraction of sp³-hybridized carbons (Fsp3) is 0.385. The summed E-state index contributed by atoms with van der Waals surface area (Å²) in [6.07, 6.45) is 0.685. The van der Waals surface area contributed by atoms with E-state index in [1.807, 2.05) is 13.8 Å². The molecule has 2 aromatic rings. The number of nitrogen functional groups attached to an aromatic ring is 1. The number of amides is 1. The van der Waals surface area contributed by atoms with Crippen molar-refractivity contribution in [3.05, 3.63) is 39.2 Å². The molecule has 0 unspecified atom stereocenters. The lowest BCUT2D eigenvalue weighted by molar-refractivity contribution is -0.120. The molecule has 0 spiro atoms. The van der Waals surface area contributed by atoms with E-state index in [0.29, 0.717) is 18.8 Å². The molecule has 5 N–H and O–H groups in total. The van der Waals surface area contributed by atoms with E-state index in [4.69, 9.17) is 5.73 Å². The van der Waals surface area contributed by atoms with Crippen molar-refractivity contribution in [2.24, 2.45) is 0 Å². The monoisotopic (exact) mass is 290 g/mol. The van der Waals surface area contributed by atoms with Crippen LogP contribution in [0.3, 0.4) is 0 Å². The largest absolute Gasteiger partial charge is 0.383 e. The Balaban J connectivity index is 1.86. The molecule has 0 atom stereocenters. The summed E-state index contributed by atoms with van der Waals surface area (Å²) in [6.45, 7) is 4.11. The molecule has 0 radical (unpaired) electrons. The van der Waals surface area contributed by atoms with E-state index in [2.05, 4.69) is 25.5 Å². The predicted octanol–water partition coefficient (Wildman–Crippen LogP) is -0.407. The van der Waals surface area contributed by atoms with Gasteiger partial charge in [-0.05, 0) is 13.8 Å². The molecule has 112 valence electrons. The van der Waals surface area contributed by atoms with E-state index in [9.17, 15) is 9.59 Å². The highest BCUT2D eigenvalue weighted by Gasteiger charge is 2.11. The van der Waals surface area contributed by atoms with Gasteiger partial charge in [-0.1, -0.05) is 0 Å². The van der Waals surface area contributed by atoms with Gasteiger partial charge in [0.2, 0.25) is 5.91 Å². The number of nitrogens with two attached hydrogens (primary N) is 1. The van der Waals surface area contributed by atoms with E-state index >= 15 is 0 Å². The van der Waals surface area contributed by atoms with E-state index in [-0.39, 0.29) is 23.7 Å². The first kappa shape index (κ1) is 14.8. The fourth-order valence-corrected chi connectivity index (χ4v) is 2.02. The Labute approximate surface area is 121 Å². The van der Waals surface area contributed by atoms with Gasteiger partial charge < -0.3 is 16.0 Å². The minimum Gasteiger partial charge on any atom is -0.383 e. The lowest BCUT2D eigenvalue weighted by atomic mass is 10.1. The Bertz CT molecular complexity index is 683. The zero-order valence-corrected chi connectivity index (χ0v) is 12.0. The van der Waals surface area contributed by atoms with Gasteiger partial charge in [-0.15, -0.1) is 0 Å². The Hall–Kier alpha value is -2.64. The number of nitrogens with one attached hydrogen (secondary N) is 3. The number of hydrogen-bond donors (Lipinski definition) is 4. The normalized spacial score (nSPS) is 10.6. The van der Waals surface area contributed by atoms with Crippen LogP contribution in [0.5, 0.6) is 0 Å². The molecule has 8 heteroatoms. The molecule has 2 heterocycles. The first-order chi connectivity index (χ1) is 9.95. The highest BCUT2D eigenvalue weighted by atomic mass is 16.1. The summed E-state index contributed by atoms with van der Waals surface area (Å²) in [5, 5.41) is 9.67. The molecule has 2 rings (SSSR count). The summed E-state index contributed by atoms with van der Waals surface area (Å²) in [5.74, 6) is 0.523. The van der Waals surface area contributed by atoms with Crippen molar-refractivity contribution >= 4 is 11.7 Å². The third-order valence-corrected chi connectivity index (χ3v) is 3.11. The van der Waals surface area contributed by atoms with Crippen LogP contribution in [-0.2, 0) is 17.6 Å². The van der Waals surface area contributed by atoms with Crippen molar-refractivity contribution in [2.75, 3.05) is 12.3 Å². The third-order valence-electron chi connectivity index (χ3n) is 3.11. The Morgan fingerprint density at radius 2 is 2.19 bits per heavy atom. The van der Waals surface area contributed by atoms with Crippen LogP contribution in [0.2, 0.25) is 0 Å². The molecule has 0 fully saturated rings. The number of carbonyl (C=O) groups is 1. The number of aromatic amines is 2. The van der Waals surface area contributed by atoms with Gasteiger partial charge >= 0.3 is 0 Å². The summed E-state index contributed by atoms with van der Waals surface area (Å²) in [5.41, 5.74) is 7.81. The minimum absolute atomic E-state index is 0.103. The van der Waals surface area contributed by atoms with Crippen molar-refractivity contribution in [1.29, 1.82) is 0 Å². The number of aromatic nitrogens is 4. The first-order valence-corrected chi connectivity index (χ1v) is 6.58. The standard InChI is InChI=1S/C13H18N6O2/c1-7-9(8(2)19-18-7)5-12(20)15-4-3-11-16-10(14)6-13(21)17-11/h6H,3-5H2,1-2H3,(H,15,20)(H,18,19)(H3,14,16,17,21). The molecule has 0 saturated carbocycles. The van der Waals surface area contributed by atoms with E-state index in [1.54, 1.807) is 0 Å². The summed E-state index contributed by atoms with van der Waals surface area (Å²) >= 11 is 0. The fourth-order valence-electron chi connectivity index (χ4n) is 2.02. The SMILES string of the molecule is Cc1n[nH]c(C)c1CC(=O)NCCc1nc(N)cc(=O)[nH]1. The molecular weight excluding hydrogens is 272 g/mol. The highest BCUT2D eigenvalue weighted by Crippen LogP contribution is 2.09. The Morgan fingerprint density at radius 1 is 1.43 bits per heavy atom. The number of carbonyl (C=O) groups excluding carboxylic acids is 1. The number of aryl methyl sites for hydroxylation is 2. The van der Waals surface area contributed by atoms with Crippen LogP contribution in [0.25, 0.3) is 0 Å². The van der Waals surface area contributed by atoms with Crippen LogP contribution in [0, 0.1) is 13.8 Å². The molecule has 0 saturated heterocycles. The number of rotatable bonds is 5. The molecule has 2 aromatic heterocycles. The van der Waals surface area contributed by atoms with Crippen LogP contribution < -0.4 is 16.6 Å².